The van der Waals surface area contributed by atoms with E-state index in [1.807, 2.05) is 121 Å². The van der Waals surface area contributed by atoms with Crippen molar-refractivity contribution in [1.29, 1.82) is 0 Å². The van der Waals surface area contributed by atoms with E-state index < -0.39 is 5.25 Å². The van der Waals surface area contributed by atoms with Crippen LogP contribution in [0.2, 0.25) is 0 Å². The second-order valence-corrected chi connectivity index (χ2v) is 11.2. The van der Waals surface area contributed by atoms with Crippen LogP contribution in [0.15, 0.2) is 119 Å². The number of aromatic nitrogens is 1. The second kappa shape index (κ2) is 12.7. The summed E-state index contributed by atoms with van der Waals surface area (Å²) >= 11 is 8.41. The zero-order valence-electron chi connectivity index (χ0n) is 21.1. The van der Waals surface area contributed by atoms with Crippen LogP contribution in [0.3, 0.4) is 0 Å². The van der Waals surface area contributed by atoms with Crippen LogP contribution in [0.1, 0.15) is 16.4 Å². The molecular formula is C31H26N4OS3. The SMILES string of the molecule is Cc1ccc(NC(=S)Nc2cccc(SC(C(=O)Nc3nc(-c4ccccc4)cs3)c3ccccc3)c2)cc1. The van der Waals surface area contributed by atoms with Crippen molar-refractivity contribution in [2.75, 3.05) is 16.0 Å². The molecule has 0 fully saturated rings. The van der Waals surface area contributed by atoms with Crippen LogP contribution in [0.5, 0.6) is 0 Å². The summed E-state index contributed by atoms with van der Waals surface area (Å²) in [4.78, 5) is 19.1. The van der Waals surface area contributed by atoms with E-state index in [0.717, 1.165) is 33.1 Å². The summed E-state index contributed by atoms with van der Waals surface area (Å²) in [5.74, 6) is -0.130. The fourth-order valence-electron chi connectivity index (χ4n) is 3.86. The number of thiocarbonyl (C=S) groups is 1. The first-order valence-electron chi connectivity index (χ1n) is 12.3. The number of thiazole rings is 1. The third-order valence-corrected chi connectivity index (χ3v) is 8.01. The molecule has 0 aliphatic carbocycles. The van der Waals surface area contributed by atoms with E-state index in [4.69, 9.17) is 12.2 Å². The number of anilines is 3. The van der Waals surface area contributed by atoms with E-state index in [1.54, 1.807) is 0 Å². The Balaban J connectivity index is 1.30. The third kappa shape index (κ3) is 7.32. The number of amides is 1. The first kappa shape index (κ1) is 26.6. The fourth-order valence-corrected chi connectivity index (χ4v) is 5.90. The van der Waals surface area contributed by atoms with Gasteiger partial charge in [0.1, 0.15) is 5.25 Å². The molecule has 0 aliphatic rings. The van der Waals surface area contributed by atoms with Gasteiger partial charge < -0.3 is 16.0 Å². The molecule has 0 aliphatic heterocycles. The van der Waals surface area contributed by atoms with Crippen molar-refractivity contribution in [2.45, 2.75) is 17.1 Å². The number of benzene rings is 4. The summed E-state index contributed by atoms with van der Waals surface area (Å²) in [5.41, 5.74) is 5.71. The molecule has 8 heteroatoms. The van der Waals surface area contributed by atoms with E-state index in [-0.39, 0.29) is 5.91 Å². The van der Waals surface area contributed by atoms with E-state index in [0.29, 0.717) is 10.2 Å². The summed E-state index contributed by atoms with van der Waals surface area (Å²) in [7, 11) is 0. The first-order valence-corrected chi connectivity index (χ1v) is 14.5. The van der Waals surface area contributed by atoms with Crippen molar-refractivity contribution in [3.05, 3.63) is 126 Å². The van der Waals surface area contributed by atoms with Crippen molar-refractivity contribution in [1.82, 2.24) is 4.98 Å². The van der Waals surface area contributed by atoms with Crippen LogP contribution < -0.4 is 16.0 Å². The minimum absolute atomic E-state index is 0.130. The molecule has 5 rings (SSSR count). The van der Waals surface area contributed by atoms with Crippen LogP contribution in [0, 0.1) is 6.92 Å². The van der Waals surface area contributed by atoms with Gasteiger partial charge in [0.2, 0.25) is 5.91 Å². The molecule has 3 N–H and O–H groups in total. The molecule has 194 valence electrons. The van der Waals surface area contributed by atoms with Gasteiger partial charge in [-0.25, -0.2) is 4.98 Å². The number of carbonyl (C=O) groups is 1. The Morgan fingerprint density at radius 1 is 0.821 bits per heavy atom. The molecule has 0 bridgehead atoms. The van der Waals surface area contributed by atoms with E-state index in [2.05, 4.69) is 20.9 Å². The summed E-state index contributed by atoms with van der Waals surface area (Å²) < 4.78 is 0. The molecule has 0 saturated carbocycles. The van der Waals surface area contributed by atoms with E-state index in [9.17, 15) is 4.79 Å². The van der Waals surface area contributed by atoms with Gasteiger partial charge in [-0.15, -0.1) is 23.1 Å². The maximum absolute atomic E-state index is 13.5. The van der Waals surface area contributed by atoms with Crippen LogP contribution in [-0.4, -0.2) is 16.0 Å². The Morgan fingerprint density at radius 2 is 1.51 bits per heavy atom. The van der Waals surface area contributed by atoms with Gasteiger partial charge in [-0.05, 0) is 55.0 Å². The van der Waals surface area contributed by atoms with Gasteiger partial charge in [-0.2, -0.15) is 0 Å². The number of carbonyl (C=O) groups excluding carboxylic acids is 1. The number of thioether (sulfide) groups is 1. The van der Waals surface area contributed by atoms with Crippen molar-refractivity contribution >= 4 is 62.8 Å². The maximum atomic E-state index is 13.5. The summed E-state index contributed by atoms with van der Waals surface area (Å²) in [6.45, 7) is 2.05. The average molecular weight is 567 g/mol. The van der Waals surface area contributed by atoms with E-state index >= 15 is 0 Å². The lowest BCUT2D eigenvalue weighted by Crippen LogP contribution is -2.19. The second-order valence-electron chi connectivity index (χ2n) is 8.77. The Hall–Kier alpha value is -3.98. The minimum Gasteiger partial charge on any atom is -0.332 e. The number of rotatable bonds is 8. The van der Waals surface area contributed by atoms with E-state index in [1.165, 1.54) is 28.7 Å². The molecule has 1 unspecified atom stereocenters. The number of hydrogen-bond donors (Lipinski definition) is 3. The van der Waals surface area contributed by atoms with Crippen LogP contribution in [-0.2, 0) is 4.79 Å². The summed E-state index contributed by atoms with van der Waals surface area (Å²) in [5, 5.41) is 12.0. The smallest absolute Gasteiger partial charge is 0.244 e. The quantitative estimate of drug-likeness (QED) is 0.129. The van der Waals surface area contributed by atoms with Crippen molar-refractivity contribution in [2.24, 2.45) is 0 Å². The molecule has 1 amide bonds. The largest absolute Gasteiger partial charge is 0.332 e. The normalized spacial score (nSPS) is 11.4. The molecule has 0 saturated heterocycles. The van der Waals surface area contributed by atoms with Crippen LogP contribution >= 0.6 is 35.3 Å². The Labute approximate surface area is 241 Å². The minimum atomic E-state index is -0.469. The standard InChI is InChI=1S/C31H26N4OS3/c1-21-15-17-24(18-16-21)32-30(37)33-25-13-8-14-26(19-25)39-28(23-11-6-3-7-12-23)29(36)35-31-34-27(20-38-31)22-9-4-2-5-10-22/h2-20,28H,1H3,(H2,32,33,37)(H,34,35,36). The Morgan fingerprint density at radius 3 is 2.26 bits per heavy atom. The predicted molar refractivity (Wildman–Crippen MR) is 169 cm³/mol. The molecule has 1 heterocycles. The van der Waals surface area contributed by atoms with Crippen LogP contribution in [0.25, 0.3) is 11.3 Å². The molecule has 4 aromatic carbocycles. The highest BCUT2D eigenvalue weighted by molar-refractivity contribution is 8.00. The topological polar surface area (TPSA) is 66.0 Å². The molecule has 0 radical (unpaired) electrons. The van der Waals surface area contributed by atoms with Crippen molar-refractivity contribution in [3.63, 3.8) is 0 Å². The molecule has 1 atom stereocenters. The van der Waals surface area contributed by atoms with Gasteiger partial charge >= 0.3 is 0 Å². The molecule has 1 aromatic heterocycles. The van der Waals surface area contributed by atoms with Gasteiger partial charge in [0.25, 0.3) is 0 Å². The average Bonchev–Trinajstić information content (AvgIpc) is 3.42. The monoisotopic (exact) mass is 566 g/mol. The van der Waals surface area contributed by atoms with Crippen molar-refractivity contribution in [3.8, 4) is 11.3 Å². The zero-order chi connectivity index (χ0) is 27.0. The summed E-state index contributed by atoms with van der Waals surface area (Å²) in [6.07, 6.45) is 0. The highest BCUT2D eigenvalue weighted by Crippen LogP contribution is 2.37. The van der Waals surface area contributed by atoms with Gasteiger partial charge in [-0.3, -0.25) is 4.79 Å². The van der Waals surface area contributed by atoms with Gasteiger partial charge in [0, 0.05) is 27.2 Å². The summed E-state index contributed by atoms with van der Waals surface area (Å²) in [6, 6.07) is 35.6. The molecule has 5 aromatic rings. The number of nitrogens with one attached hydrogen (secondary N) is 3. The predicted octanol–water partition coefficient (Wildman–Crippen LogP) is 8.40. The number of nitrogens with zero attached hydrogens (tertiary/aromatic N) is 1. The Bertz CT molecular complexity index is 1550. The highest BCUT2D eigenvalue weighted by Gasteiger charge is 2.23. The van der Waals surface area contributed by atoms with Gasteiger partial charge in [0.05, 0.1) is 5.69 Å². The molecular weight excluding hydrogens is 541 g/mol. The van der Waals surface area contributed by atoms with Crippen molar-refractivity contribution < 1.29 is 4.79 Å². The Kier molecular flexibility index (Phi) is 8.68. The number of hydrogen-bond acceptors (Lipinski definition) is 5. The molecule has 39 heavy (non-hydrogen) atoms. The highest BCUT2D eigenvalue weighted by atomic mass is 32.2. The zero-order valence-corrected chi connectivity index (χ0v) is 23.6. The lowest BCUT2D eigenvalue weighted by atomic mass is 10.1. The lowest BCUT2D eigenvalue weighted by molar-refractivity contribution is -0.115. The molecule has 0 spiro atoms. The lowest BCUT2D eigenvalue weighted by Gasteiger charge is -2.17. The maximum Gasteiger partial charge on any atom is 0.244 e. The number of aryl methyl sites for hydroxylation is 1. The first-order chi connectivity index (χ1) is 19.0. The van der Waals surface area contributed by atoms with Crippen LogP contribution in [0.4, 0.5) is 16.5 Å². The fraction of sp³-hybridized carbons (Fsp3) is 0.0645. The third-order valence-electron chi connectivity index (χ3n) is 5.80. The van der Waals surface area contributed by atoms with Gasteiger partial charge in [-0.1, -0.05) is 84.4 Å². The van der Waals surface area contributed by atoms with Gasteiger partial charge in [0.15, 0.2) is 10.2 Å². The molecule has 5 nitrogen and oxygen atoms in total.